The summed E-state index contributed by atoms with van der Waals surface area (Å²) in [5.41, 5.74) is 1.69. The van der Waals surface area contributed by atoms with E-state index >= 15 is 0 Å². The van der Waals surface area contributed by atoms with Gasteiger partial charge in [-0.2, -0.15) is 0 Å². The molecule has 1 N–H and O–H groups in total. The molecule has 2 fully saturated rings. The van der Waals surface area contributed by atoms with E-state index in [-0.39, 0.29) is 0 Å². The van der Waals surface area contributed by atoms with Crippen molar-refractivity contribution in [1.29, 1.82) is 0 Å². The zero-order valence-electron chi connectivity index (χ0n) is 12.2. The second-order valence-corrected chi connectivity index (χ2v) is 6.65. The Hall–Kier alpha value is -0.570. The highest BCUT2D eigenvalue weighted by Crippen LogP contribution is 2.51. The number of hydrogen-bond donors (Lipinski definition) is 1. The molecule has 2 aliphatic rings. The first-order chi connectivity index (χ1) is 9.75. The van der Waals surface area contributed by atoms with Gasteiger partial charge in [-0.05, 0) is 49.3 Å². The van der Waals surface area contributed by atoms with Crippen LogP contribution in [0, 0.1) is 5.41 Å². The van der Waals surface area contributed by atoms with Gasteiger partial charge in [-0.25, -0.2) is 0 Å². The van der Waals surface area contributed by atoms with Gasteiger partial charge in [-0.1, -0.05) is 36.7 Å². The molecule has 0 aliphatic carbocycles. The van der Waals surface area contributed by atoms with Gasteiger partial charge < -0.3 is 10.1 Å². The molecule has 2 nitrogen and oxygen atoms in total. The van der Waals surface area contributed by atoms with Crippen LogP contribution in [0.25, 0.3) is 0 Å². The largest absolute Gasteiger partial charge is 0.378 e. The summed E-state index contributed by atoms with van der Waals surface area (Å²) in [5, 5.41) is 4.48. The topological polar surface area (TPSA) is 21.3 Å². The highest BCUT2D eigenvalue weighted by molar-refractivity contribution is 6.31. The Morgan fingerprint density at radius 3 is 3.00 bits per heavy atom. The molecule has 0 radical (unpaired) electrons. The van der Waals surface area contributed by atoms with Gasteiger partial charge in [-0.15, -0.1) is 0 Å². The van der Waals surface area contributed by atoms with Gasteiger partial charge in [0.2, 0.25) is 0 Å². The van der Waals surface area contributed by atoms with Crippen LogP contribution in [0.3, 0.4) is 0 Å². The highest BCUT2D eigenvalue weighted by Gasteiger charge is 2.45. The Labute approximate surface area is 126 Å². The van der Waals surface area contributed by atoms with Gasteiger partial charge in [0.25, 0.3) is 0 Å². The van der Waals surface area contributed by atoms with Crippen molar-refractivity contribution in [2.75, 3.05) is 19.7 Å². The van der Waals surface area contributed by atoms with E-state index in [4.69, 9.17) is 16.3 Å². The predicted octanol–water partition coefficient (Wildman–Crippen LogP) is 3.99. The third kappa shape index (κ3) is 2.61. The molecule has 1 spiro atoms. The zero-order valence-corrected chi connectivity index (χ0v) is 13.0. The monoisotopic (exact) mass is 293 g/mol. The fourth-order valence-corrected chi connectivity index (χ4v) is 4.29. The van der Waals surface area contributed by atoms with Crippen LogP contribution in [0.15, 0.2) is 24.3 Å². The summed E-state index contributed by atoms with van der Waals surface area (Å²) in [4.78, 5) is 0. The van der Waals surface area contributed by atoms with Crippen molar-refractivity contribution in [3.8, 4) is 0 Å². The lowest BCUT2D eigenvalue weighted by Crippen LogP contribution is -2.48. The third-order valence-electron chi connectivity index (χ3n) is 5.21. The maximum atomic E-state index is 6.47. The molecular formula is C17H24ClNO. The molecule has 1 aromatic carbocycles. The summed E-state index contributed by atoms with van der Waals surface area (Å²) in [5.74, 6) is 0.517. The second-order valence-electron chi connectivity index (χ2n) is 6.25. The van der Waals surface area contributed by atoms with Gasteiger partial charge >= 0.3 is 0 Å². The second kappa shape index (κ2) is 6.05. The van der Waals surface area contributed by atoms with E-state index in [1.54, 1.807) is 0 Å². The summed E-state index contributed by atoms with van der Waals surface area (Å²) in [6.45, 7) is 5.30. The van der Waals surface area contributed by atoms with Crippen molar-refractivity contribution in [1.82, 2.24) is 5.32 Å². The van der Waals surface area contributed by atoms with Crippen molar-refractivity contribution in [3.63, 3.8) is 0 Å². The lowest BCUT2D eigenvalue weighted by atomic mass is 9.62. The lowest BCUT2D eigenvalue weighted by Gasteiger charge is -2.49. The minimum Gasteiger partial charge on any atom is -0.378 e. The molecule has 110 valence electrons. The lowest BCUT2D eigenvalue weighted by molar-refractivity contribution is -0.0690. The summed E-state index contributed by atoms with van der Waals surface area (Å²) >= 11 is 6.47. The standard InChI is InChI=1S/C17H24ClNO/c1-2-13-11-17(8-10-20-13)7-9-19-12-15(17)14-5-3-4-6-16(14)18/h3-6,13,15,19H,2,7-12H2,1H3. The number of piperidine rings is 1. The smallest absolute Gasteiger partial charge is 0.0578 e. The normalized spacial score (nSPS) is 34.3. The molecule has 1 aromatic rings. The predicted molar refractivity (Wildman–Crippen MR) is 83.4 cm³/mol. The Kier molecular flexibility index (Phi) is 4.34. The fraction of sp³-hybridized carbons (Fsp3) is 0.647. The first-order valence-electron chi connectivity index (χ1n) is 7.82. The van der Waals surface area contributed by atoms with Crippen LogP contribution in [0.1, 0.15) is 44.1 Å². The molecule has 3 rings (SSSR count). The van der Waals surface area contributed by atoms with Crippen molar-refractivity contribution in [3.05, 3.63) is 34.9 Å². The Bertz CT molecular complexity index is 460. The molecule has 3 atom stereocenters. The minimum absolute atomic E-state index is 0.370. The van der Waals surface area contributed by atoms with Crippen molar-refractivity contribution in [2.24, 2.45) is 5.41 Å². The highest BCUT2D eigenvalue weighted by atomic mass is 35.5. The van der Waals surface area contributed by atoms with Gasteiger partial charge in [0.1, 0.15) is 0 Å². The van der Waals surface area contributed by atoms with Crippen molar-refractivity contribution >= 4 is 11.6 Å². The number of hydrogen-bond acceptors (Lipinski definition) is 2. The number of halogens is 1. The molecule has 0 bridgehead atoms. The molecular weight excluding hydrogens is 270 g/mol. The van der Waals surface area contributed by atoms with Gasteiger partial charge in [-0.3, -0.25) is 0 Å². The Morgan fingerprint density at radius 2 is 2.20 bits per heavy atom. The van der Waals surface area contributed by atoms with E-state index in [1.807, 2.05) is 12.1 Å². The van der Waals surface area contributed by atoms with E-state index in [2.05, 4.69) is 24.4 Å². The summed E-state index contributed by atoms with van der Waals surface area (Å²) in [6.07, 6.45) is 5.13. The van der Waals surface area contributed by atoms with E-state index in [0.29, 0.717) is 17.4 Å². The average molecular weight is 294 g/mol. The van der Waals surface area contributed by atoms with Crippen LogP contribution >= 0.6 is 11.6 Å². The first kappa shape index (κ1) is 14.4. The molecule has 2 aliphatic heterocycles. The number of nitrogens with one attached hydrogen (secondary N) is 1. The molecule has 0 amide bonds. The summed E-state index contributed by atoms with van der Waals surface area (Å²) in [6, 6.07) is 8.36. The molecule has 2 saturated heterocycles. The van der Waals surface area contributed by atoms with Gasteiger partial charge in [0.15, 0.2) is 0 Å². The molecule has 0 aromatic heterocycles. The van der Waals surface area contributed by atoms with Gasteiger partial charge in [0.05, 0.1) is 6.10 Å². The third-order valence-corrected chi connectivity index (χ3v) is 5.56. The Morgan fingerprint density at radius 1 is 1.35 bits per heavy atom. The first-order valence-corrected chi connectivity index (χ1v) is 8.20. The minimum atomic E-state index is 0.370. The SMILES string of the molecule is CCC1CC2(CCNCC2c2ccccc2Cl)CCO1. The zero-order chi connectivity index (χ0) is 14.0. The summed E-state index contributed by atoms with van der Waals surface area (Å²) < 4.78 is 5.92. The number of ether oxygens (including phenoxy) is 1. The molecule has 3 heteroatoms. The fourth-order valence-electron chi connectivity index (χ4n) is 4.02. The Balaban J connectivity index is 1.93. The maximum Gasteiger partial charge on any atom is 0.0578 e. The molecule has 2 heterocycles. The maximum absolute atomic E-state index is 6.47. The molecule has 0 saturated carbocycles. The molecule has 3 unspecified atom stereocenters. The van der Waals surface area contributed by atoms with Crippen molar-refractivity contribution in [2.45, 2.75) is 44.6 Å². The van der Waals surface area contributed by atoms with Crippen LogP contribution in [-0.2, 0) is 4.74 Å². The van der Waals surface area contributed by atoms with Crippen LogP contribution in [0.2, 0.25) is 5.02 Å². The van der Waals surface area contributed by atoms with Crippen LogP contribution in [0.5, 0.6) is 0 Å². The van der Waals surface area contributed by atoms with E-state index in [1.165, 1.54) is 24.8 Å². The number of rotatable bonds is 2. The quantitative estimate of drug-likeness (QED) is 0.890. The van der Waals surface area contributed by atoms with Crippen molar-refractivity contribution < 1.29 is 4.74 Å². The van der Waals surface area contributed by atoms with Gasteiger partial charge in [0, 0.05) is 24.1 Å². The average Bonchev–Trinajstić information content (AvgIpc) is 2.49. The van der Waals surface area contributed by atoms with E-state index in [0.717, 1.165) is 31.1 Å². The number of benzene rings is 1. The van der Waals surface area contributed by atoms with Crippen LogP contribution < -0.4 is 5.32 Å². The molecule has 20 heavy (non-hydrogen) atoms. The van der Waals surface area contributed by atoms with Crippen LogP contribution in [-0.4, -0.2) is 25.8 Å². The van der Waals surface area contributed by atoms with E-state index < -0.39 is 0 Å². The van der Waals surface area contributed by atoms with E-state index in [9.17, 15) is 0 Å². The summed E-state index contributed by atoms with van der Waals surface area (Å²) in [7, 11) is 0. The van der Waals surface area contributed by atoms with Crippen LogP contribution in [0.4, 0.5) is 0 Å².